The van der Waals surface area contributed by atoms with Crippen molar-refractivity contribution >= 4 is 40.0 Å². The van der Waals surface area contributed by atoms with Gasteiger partial charge in [0, 0.05) is 18.6 Å². The second-order valence-corrected chi connectivity index (χ2v) is 7.34. The molecule has 0 saturated carbocycles. The Kier molecular flexibility index (Phi) is 12.7. The van der Waals surface area contributed by atoms with E-state index in [9.17, 15) is 8.42 Å². The Labute approximate surface area is 147 Å². The normalized spacial score (nSPS) is 12.7. The van der Waals surface area contributed by atoms with Crippen LogP contribution in [0.15, 0.2) is 4.99 Å². The van der Waals surface area contributed by atoms with Crippen LogP contribution < -0.4 is 15.4 Å². The first-order valence-corrected chi connectivity index (χ1v) is 9.10. The molecular weight excluding hydrogens is 403 g/mol. The molecule has 0 aliphatic rings. The summed E-state index contributed by atoms with van der Waals surface area (Å²) in [6.45, 7) is 9.83. The fraction of sp³-hybridized carbons (Fsp3) is 0.923. The highest BCUT2D eigenvalue weighted by Gasteiger charge is 2.21. The lowest BCUT2D eigenvalue weighted by Crippen LogP contribution is -2.46. The molecule has 0 radical (unpaired) electrons. The Morgan fingerprint density at radius 2 is 1.76 bits per heavy atom. The van der Waals surface area contributed by atoms with E-state index >= 15 is 0 Å². The highest BCUT2D eigenvalue weighted by molar-refractivity contribution is 14.0. The van der Waals surface area contributed by atoms with Gasteiger partial charge in [-0.25, -0.2) is 13.1 Å². The molecule has 0 bridgehead atoms. The summed E-state index contributed by atoms with van der Waals surface area (Å²) >= 11 is 0. The third-order valence-electron chi connectivity index (χ3n) is 2.51. The molecule has 3 N–H and O–H groups in total. The smallest absolute Gasteiger partial charge is 0.209 e. The Morgan fingerprint density at radius 1 is 1.14 bits per heavy atom. The molecular formula is C13H31IN4O2S. The lowest BCUT2D eigenvalue weighted by molar-refractivity contribution is 0.464. The van der Waals surface area contributed by atoms with Crippen molar-refractivity contribution in [1.82, 2.24) is 15.4 Å². The van der Waals surface area contributed by atoms with Gasteiger partial charge in [0.2, 0.25) is 10.0 Å². The van der Waals surface area contributed by atoms with E-state index in [1.165, 1.54) is 12.8 Å². The highest BCUT2D eigenvalue weighted by Crippen LogP contribution is 2.04. The zero-order valence-electron chi connectivity index (χ0n) is 13.8. The molecule has 8 heteroatoms. The van der Waals surface area contributed by atoms with Gasteiger partial charge in [0.15, 0.2) is 5.96 Å². The molecule has 128 valence electrons. The maximum absolute atomic E-state index is 11.3. The van der Waals surface area contributed by atoms with Crippen LogP contribution >= 0.6 is 24.0 Å². The number of hydrogen-bond acceptors (Lipinski definition) is 3. The molecule has 6 nitrogen and oxygen atoms in total. The number of nitrogens with zero attached hydrogens (tertiary/aromatic N) is 1. The number of nitrogens with one attached hydrogen (secondary N) is 3. The standard InChI is InChI=1S/C13H30N4O2S.HI/c1-6-8-9-10-15-12(14-7-2)16-11-13(3,4)17-20(5,18)19;/h17H,6-11H2,1-5H3,(H2,14,15,16);1H. The van der Waals surface area contributed by atoms with Crippen molar-refractivity contribution in [3.05, 3.63) is 0 Å². The van der Waals surface area contributed by atoms with Crippen LogP contribution in [0.1, 0.15) is 47.0 Å². The minimum atomic E-state index is -3.23. The summed E-state index contributed by atoms with van der Waals surface area (Å²) in [6, 6.07) is 0. The number of aliphatic imine (C=N–C) groups is 1. The van der Waals surface area contributed by atoms with Gasteiger partial charge in [0.1, 0.15) is 0 Å². The summed E-state index contributed by atoms with van der Waals surface area (Å²) in [4.78, 5) is 4.43. The molecule has 0 heterocycles. The number of sulfonamides is 1. The Balaban J connectivity index is 0. The van der Waals surface area contributed by atoms with Crippen LogP contribution in [0.4, 0.5) is 0 Å². The predicted molar refractivity (Wildman–Crippen MR) is 101 cm³/mol. The van der Waals surface area contributed by atoms with E-state index in [-0.39, 0.29) is 24.0 Å². The SMILES string of the molecule is CCCCCNC(=NCC(C)(C)NS(C)(=O)=O)NCC.I. The van der Waals surface area contributed by atoms with Crippen LogP contribution in [0, 0.1) is 0 Å². The summed E-state index contributed by atoms with van der Waals surface area (Å²) in [5.74, 6) is 0.729. The minimum absolute atomic E-state index is 0. The molecule has 0 aromatic carbocycles. The van der Waals surface area contributed by atoms with E-state index < -0.39 is 15.6 Å². The molecule has 0 atom stereocenters. The van der Waals surface area contributed by atoms with E-state index in [1.54, 1.807) is 0 Å². The van der Waals surface area contributed by atoms with Crippen molar-refractivity contribution in [2.45, 2.75) is 52.5 Å². The van der Waals surface area contributed by atoms with Crippen LogP contribution in [0.2, 0.25) is 0 Å². The maximum Gasteiger partial charge on any atom is 0.209 e. The average Bonchev–Trinajstić information content (AvgIpc) is 2.28. The molecule has 0 saturated heterocycles. The predicted octanol–water partition coefficient (Wildman–Crippen LogP) is 1.68. The zero-order valence-corrected chi connectivity index (χ0v) is 17.0. The Bertz CT molecular complexity index is 397. The number of halogens is 1. The van der Waals surface area contributed by atoms with Crippen molar-refractivity contribution < 1.29 is 8.42 Å². The number of guanidine groups is 1. The molecule has 0 aromatic heterocycles. The first-order valence-electron chi connectivity index (χ1n) is 7.21. The topological polar surface area (TPSA) is 82.6 Å². The molecule has 0 aliphatic heterocycles. The Hall–Kier alpha value is -0.0900. The lowest BCUT2D eigenvalue weighted by Gasteiger charge is -2.23. The fourth-order valence-electron chi connectivity index (χ4n) is 1.73. The van der Waals surface area contributed by atoms with Crippen LogP contribution in [0.25, 0.3) is 0 Å². The quantitative estimate of drug-likeness (QED) is 0.223. The zero-order chi connectivity index (χ0) is 15.6. The third kappa shape index (κ3) is 14.6. The van der Waals surface area contributed by atoms with Gasteiger partial charge in [-0.15, -0.1) is 24.0 Å². The van der Waals surface area contributed by atoms with Crippen LogP contribution in [0.5, 0.6) is 0 Å². The van der Waals surface area contributed by atoms with E-state index in [0.717, 1.165) is 31.7 Å². The molecule has 0 amide bonds. The van der Waals surface area contributed by atoms with Crippen molar-refractivity contribution in [3.8, 4) is 0 Å². The maximum atomic E-state index is 11.3. The van der Waals surface area contributed by atoms with Crippen molar-refractivity contribution in [2.75, 3.05) is 25.9 Å². The van der Waals surface area contributed by atoms with Gasteiger partial charge in [-0.1, -0.05) is 19.8 Å². The average molecular weight is 434 g/mol. The lowest BCUT2D eigenvalue weighted by atomic mass is 10.1. The summed E-state index contributed by atoms with van der Waals surface area (Å²) < 4.78 is 25.1. The molecule has 0 fully saturated rings. The largest absolute Gasteiger partial charge is 0.357 e. The molecule has 21 heavy (non-hydrogen) atoms. The fourth-order valence-corrected chi connectivity index (χ4v) is 2.80. The van der Waals surface area contributed by atoms with E-state index in [1.807, 2.05) is 20.8 Å². The second-order valence-electron chi connectivity index (χ2n) is 5.59. The van der Waals surface area contributed by atoms with Gasteiger partial charge in [-0.3, -0.25) is 4.99 Å². The van der Waals surface area contributed by atoms with Crippen LogP contribution in [0.3, 0.4) is 0 Å². The first-order chi connectivity index (χ1) is 9.20. The van der Waals surface area contributed by atoms with E-state index in [0.29, 0.717) is 6.54 Å². The highest BCUT2D eigenvalue weighted by atomic mass is 127. The number of hydrogen-bond donors (Lipinski definition) is 3. The Morgan fingerprint density at radius 3 is 2.24 bits per heavy atom. The van der Waals surface area contributed by atoms with E-state index in [4.69, 9.17) is 0 Å². The van der Waals surface area contributed by atoms with Gasteiger partial charge < -0.3 is 10.6 Å². The summed E-state index contributed by atoms with van der Waals surface area (Å²) in [7, 11) is -3.23. The van der Waals surface area contributed by atoms with E-state index in [2.05, 4.69) is 27.3 Å². The van der Waals surface area contributed by atoms with Crippen LogP contribution in [-0.2, 0) is 10.0 Å². The number of unbranched alkanes of at least 4 members (excludes halogenated alkanes) is 2. The molecule has 0 aliphatic carbocycles. The molecule has 0 unspecified atom stereocenters. The van der Waals surface area contributed by atoms with Gasteiger partial charge >= 0.3 is 0 Å². The van der Waals surface area contributed by atoms with Gasteiger partial charge in [-0.2, -0.15) is 0 Å². The van der Waals surface area contributed by atoms with Crippen molar-refractivity contribution in [3.63, 3.8) is 0 Å². The summed E-state index contributed by atoms with van der Waals surface area (Å²) in [5.41, 5.74) is -0.598. The number of rotatable bonds is 9. The van der Waals surface area contributed by atoms with Gasteiger partial charge in [-0.05, 0) is 27.2 Å². The molecule has 0 spiro atoms. The van der Waals surface area contributed by atoms with Crippen LogP contribution in [-0.4, -0.2) is 45.8 Å². The van der Waals surface area contributed by atoms with Crippen molar-refractivity contribution in [1.29, 1.82) is 0 Å². The van der Waals surface area contributed by atoms with Gasteiger partial charge in [0.25, 0.3) is 0 Å². The monoisotopic (exact) mass is 434 g/mol. The van der Waals surface area contributed by atoms with Crippen molar-refractivity contribution in [2.24, 2.45) is 4.99 Å². The molecule has 0 rings (SSSR count). The molecule has 0 aromatic rings. The first kappa shape index (κ1) is 23.2. The second kappa shape index (κ2) is 11.5. The van der Waals surface area contributed by atoms with Gasteiger partial charge in [0.05, 0.1) is 12.8 Å². The third-order valence-corrected chi connectivity index (χ3v) is 3.43. The summed E-state index contributed by atoms with van der Waals surface area (Å²) in [6.07, 6.45) is 4.63. The minimum Gasteiger partial charge on any atom is -0.357 e. The summed E-state index contributed by atoms with van der Waals surface area (Å²) in [5, 5.41) is 6.41.